The number of carbonyl (C=O) groups is 1. The van der Waals surface area contributed by atoms with Crippen molar-refractivity contribution in [2.45, 2.75) is 24.5 Å². The molecule has 7 nitrogen and oxygen atoms in total. The van der Waals surface area contributed by atoms with E-state index in [1.54, 1.807) is 39.6 Å². The molecule has 0 bridgehead atoms. The second kappa shape index (κ2) is 8.27. The number of hydrogen-bond acceptors (Lipinski definition) is 5. The fraction of sp³-hybridized carbons (Fsp3) is 0.182. The summed E-state index contributed by atoms with van der Waals surface area (Å²) in [5.41, 5.74) is 2.51. The third-order valence-corrected chi connectivity index (χ3v) is 7.16. The zero-order chi connectivity index (χ0) is 22.4. The average Bonchev–Trinajstić information content (AvgIpc) is 3.37. The van der Waals surface area contributed by atoms with Gasteiger partial charge in [0.2, 0.25) is 5.91 Å². The summed E-state index contributed by atoms with van der Waals surface area (Å²) in [4.78, 5) is 30.6. The highest BCUT2D eigenvalue weighted by molar-refractivity contribution is 7.99. The highest BCUT2D eigenvalue weighted by Crippen LogP contribution is 2.34. The number of nitrogens with one attached hydrogen (secondary N) is 1. The maximum absolute atomic E-state index is 13.3. The summed E-state index contributed by atoms with van der Waals surface area (Å²) in [5.74, 6) is 0.406. The van der Waals surface area contributed by atoms with Gasteiger partial charge in [-0.1, -0.05) is 41.0 Å². The molecule has 1 amide bonds. The summed E-state index contributed by atoms with van der Waals surface area (Å²) in [6, 6.07) is 12.2. The summed E-state index contributed by atoms with van der Waals surface area (Å²) >= 11 is 13.6. The first-order chi connectivity index (χ1) is 15.4. The molecule has 162 valence electrons. The zero-order valence-corrected chi connectivity index (χ0v) is 19.2. The van der Waals surface area contributed by atoms with Crippen LogP contribution in [-0.4, -0.2) is 31.0 Å². The van der Waals surface area contributed by atoms with Gasteiger partial charge in [-0.05, 0) is 48.9 Å². The van der Waals surface area contributed by atoms with Crippen LogP contribution in [-0.2, 0) is 4.79 Å². The second-order valence-electron chi connectivity index (χ2n) is 7.47. The van der Waals surface area contributed by atoms with Crippen LogP contribution in [0.2, 0.25) is 10.0 Å². The zero-order valence-electron chi connectivity index (χ0n) is 16.9. The Labute approximate surface area is 197 Å². The monoisotopic (exact) mass is 485 g/mol. The van der Waals surface area contributed by atoms with Gasteiger partial charge in [-0.3, -0.25) is 14.2 Å². The number of nitrogens with zero attached hydrogens (tertiary/aromatic N) is 4. The molecule has 1 unspecified atom stereocenters. The molecule has 32 heavy (non-hydrogen) atoms. The third-order valence-electron chi connectivity index (χ3n) is 5.40. The van der Waals surface area contributed by atoms with Gasteiger partial charge in [-0.15, -0.1) is 0 Å². The minimum absolute atomic E-state index is 0.157. The Kier molecular flexibility index (Phi) is 5.44. The third kappa shape index (κ3) is 3.68. The molecule has 0 aliphatic carbocycles. The topological polar surface area (TPSA) is 81.8 Å². The summed E-state index contributed by atoms with van der Waals surface area (Å²) < 4.78 is 3.22. The number of benzene rings is 2. The standard InChI is InChI=1S/C22H17Cl2N5O2S/c1-12-17(24)3-2-4-18(12)26-19(30)9-15-11-32-22-27-20-16(21(31)28(15)22)10-25-29(20)14-7-5-13(23)6-8-14/h2-8,10,15H,9,11H2,1H3,(H,26,30). The largest absolute Gasteiger partial charge is 0.326 e. The molecule has 1 atom stereocenters. The lowest BCUT2D eigenvalue weighted by Gasteiger charge is -2.14. The predicted octanol–water partition coefficient (Wildman–Crippen LogP) is 4.87. The Morgan fingerprint density at radius 3 is 2.78 bits per heavy atom. The van der Waals surface area contributed by atoms with Crippen LogP contribution in [0.1, 0.15) is 18.0 Å². The molecule has 1 aliphatic rings. The van der Waals surface area contributed by atoms with Gasteiger partial charge in [0.25, 0.3) is 5.56 Å². The van der Waals surface area contributed by atoms with E-state index in [0.717, 1.165) is 11.3 Å². The number of thioether (sulfide) groups is 1. The van der Waals surface area contributed by atoms with Crippen molar-refractivity contribution in [3.63, 3.8) is 0 Å². The number of hydrogen-bond donors (Lipinski definition) is 1. The summed E-state index contributed by atoms with van der Waals surface area (Å²) in [5, 5.41) is 9.44. The van der Waals surface area contributed by atoms with Gasteiger partial charge < -0.3 is 5.32 Å². The second-order valence-corrected chi connectivity index (χ2v) is 9.30. The van der Waals surface area contributed by atoms with Crippen LogP contribution in [0.5, 0.6) is 0 Å². The number of anilines is 1. The van der Waals surface area contributed by atoms with Crippen LogP contribution < -0.4 is 10.9 Å². The Bertz CT molecular complexity index is 1410. The van der Waals surface area contributed by atoms with Gasteiger partial charge in [0.1, 0.15) is 5.39 Å². The minimum Gasteiger partial charge on any atom is -0.326 e. The smallest absolute Gasteiger partial charge is 0.265 e. The van der Waals surface area contributed by atoms with Crippen molar-refractivity contribution in [3.05, 3.63) is 74.6 Å². The first kappa shape index (κ1) is 21.1. The molecular weight excluding hydrogens is 469 g/mol. The number of amides is 1. The molecule has 5 rings (SSSR count). The van der Waals surface area contributed by atoms with Gasteiger partial charge in [0.15, 0.2) is 10.8 Å². The molecule has 3 heterocycles. The lowest BCUT2D eigenvalue weighted by atomic mass is 10.1. The van der Waals surface area contributed by atoms with Crippen LogP contribution in [0.15, 0.2) is 58.6 Å². The van der Waals surface area contributed by atoms with E-state index in [9.17, 15) is 9.59 Å². The van der Waals surface area contributed by atoms with Crippen molar-refractivity contribution in [2.24, 2.45) is 0 Å². The number of rotatable bonds is 4. The number of halogens is 2. The fourth-order valence-corrected chi connectivity index (χ4v) is 5.14. The van der Waals surface area contributed by atoms with Crippen molar-refractivity contribution in [1.82, 2.24) is 19.3 Å². The van der Waals surface area contributed by atoms with Crippen LogP contribution in [0.25, 0.3) is 16.7 Å². The highest BCUT2D eigenvalue weighted by atomic mass is 35.5. The van der Waals surface area contributed by atoms with Crippen LogP contribution >= 0.6 is 35.0 Å². The molecule has 1 aliphatic heterocycles. The van der Waals surface area contributed by atoms with E-state index >= 15 is 0 Å². The summed E-state index contributed by atoms with van der Waals surface area (Å²) in [6.45, 7) is 1.85. The predicted molar refractivity (Wildman–Crippen MR) is 127 cm³/mol. The molecule has 0 radical (unpaired) electrons. The van der Waals surface area contributed by atoms with E-state index in [-0.39, 0.29) is 23.9 Å². The average molecular weight is 486 g/mol. The molecule has 1 N–H and O–H groups in total. The van der Waals surface area contributed by atoms with Crippen LogP contribution in [0.3, 0.4) is 0 Å². The minimum atomic E-state index is -0.294. The molecule has 0 spiro atoms. The first-order valence-electron chi connectivity index (χ1n) is 9.86. The molecule has 0 saturated carbocycles. The van der Waals surface area contributed by atoms with Gasteiger partial charge >= 0.3 is 0 Å². The molecule has 4 aromatic rings. The molecule has 10 heteroatoms. The van der Waals surface area contributed by atoms with Crippen molar-refractivity contribution >= 4 is 57.6 Å². The van der Waals surface area contributed by atoms with E-state index in [4.69, 9.17) is 23.2 Å². The lowest BCUT2D eigenvalue weighted by Crippen LogP contribution is -2.27. The van der Waals surface area contributed by atoms with Crippen molar-refractivity contribution in [3.8, 4) is 5.69 Å². The summed E-state index contributed by atoms with van der Waals surface area (Å²) in [7, 11) is 0. The van der Waals surface area contributed by atoms with E-state index in [2.05, 4.69) is 15.4 Å². The molecule has 2 aromatic heterocycles. The quantitative estimate of drug-likeness (QED) is 0.416. The number of fused-ring (bicyclic) bond motifs is 2. The maximum Gasteiger partial charge on any atom is 0.265 e. The molecular formula is C22H17Cl2N5O2S. The van der Waals surface area contributed by atoms with Gasteiger partial charge in [0.05, 0.1) is 17.9 Å². The van der Waals surface area contributed by atoms with Crippen molar-refractivity contribution in [1.29, 1.82) is 0 Å². The fourth-order valence-electron chi connectivity index (χ4n) is 3.71. The SMILES string of the molecule is Cc1c(Cl)cccc1NC(=O)CC1CSc2nc3c(cnn3-c3ccc(Cl)cc3)c(=O)n21. The van der Waals surface area contributed by atoms with Crippen molar-refractivity contribution < 1.29 is 4.79 Å². The normalized spacial score (nSPS) is 15.2. The number of carbonyl (C=O) groups excluding carboxylic acids is 1. The van der Waals surface area contributed by atoms with Gasteiger partial charge in [-0.2, -0.15) is 5.10 Å². The van der Waals surface area contributed by atoms with Crippen molar-refractivity contribution in [2.75, 3.05) is 11.1 Å². The van der Waals surface area contributed by atoms with Crippen LogP contribution in [0, 0.1) is 6.92 Å². The molecule has 0 saturated heterocycles. The Hall–Kier alpha value is -2.81. The van der Waals surface area contributed by atoms with Gasteiger partial charge in [-0.25, -0.2) is 9.67 Å². The Balaban J connectivity index is 1.44. The van der Waals surface area contributed by atoms with E-state index in [1.807, 2.05) is 19.1 Å². The van der Waals surface area contributed by atoms with Gasteiger partial charge in [0, 0.05) is 27.9 Å². The molecule has 2 aromatic carbocycles. The highest BCUT2D eigenvalue weighted by Gasteiger charge is 2.29. The number of aromatic nitrogens is 4. The summed E-state index contributed by atoms with van der Waals surface area (Å²) in [6.07, 6.45) is 1.67. The Morgan fingerprint density at radius 1 is 1.22 bits per heavy atom. The maximum atomic E-state index is 13.3. The molecule has 0 fully saturated rings. The first-order valence-corrected chi connectivity index (χ1v) is 11.6. The van der Waals surface area contributed by atoms with Crippen LogP contribution in [0.4, 0.5) is 5.69 Å². The lowest BCUT2D eigenvalue weighted by molar-refractivity contribution is -0.116. The Morgan fingerprint density at radius 2 is 2.00 bits per heavy atom. The van der Waals surface area contributed by atoms with E-state index in [0.29, 0.717) is 37.7 Å². The van der Waals surface area contributed by atoms with E-state index in [1.165, 1.54) is 18.0 Å². The van der Waals surface area contributed by atoms with E-state index < -0.39 is 0 Å².